The van der Waals surface area contributed by atoms with E-state index in [0.29, 0.717) is 5.92 Å². The maximum absolute atomic E-state index is 3.81. The first-order chi connectivity index (χ1) is 7.40. The molecule has 0 aliphatic heterocycles. The lowest BCUT2D eigenvalue weighted by atomic mass is 9.91. The van der Waals surface area contributed by atoms with E-state index < -0.39 is 0 Å². The number of alkyl halides is 4. The Morgan fingerprint density at radius 3 is 1.88 bits per heavy atom. The van der Waals surface area contributed by atoms with Crippen molar-refractivity contribution in [1.29, 1.82) is 0 Å². The molecule has 0 nitrogen and oxygen atoms in total. The fourth-order valence-corrected chi connectivity index (χ4v) is 6.01. The second-order valence-corrected chi connectivity index (χ2v) is 12.4. The summed E-state index contributed by atoms with van der Waals surface area (Å²) in [6.07, 6.45) is 2.33. The molecule has 2 fully saturated rings. The molecule has 4 heteroatoms. The molecule has 2 saturated carbocycles. The van der Waals surface area contributed by atoms with Crippen LogP contribution in [0.3, 0.4) is 0 Å². The molecule has 86 valence electrons. The Morgan fingerprint density at radius 1 is 1.00 bits per heavy atom. The maximum atomic E-state index is 3.81. The van der Waals surface area contributed by atoms with E-state index in [0.717, 1.165) is 6.42 Å². The Hall–Kier alpha value is 1.14. The van der Waals surface area contributed by atoms with Crippen LogP contribution < -0.4 is 0 Å². The lowest BCUT2D eigenvalue weighted by Gasteiger charge is -2.20. The van der Waals surface area contributed by atoms with Crippen LogP contribution in [0, 0.1) is 5.92 Å². The van der Waals surface area contributed by atoms with E-state index >= 15 is 0 Å². The van der Waals surface area contributed by atoms with Crippen LogP contribution >= 0.6 is 63.7 Å². The molecule has 2 atom stereocenters. The van der Waals surface area contributed by atoms with Crippen LogP contribution in [0.15, 0.2) is 30.3 Å². The molecular formula is C12H10Br4. The van der Waals surface area contributed by atoms with Crippen molar-refractivity contribution in [2.24, 2.45) is 5.92 Å². The summed E-state index contributed by atoms with van der Waals surface area (Å²) in [6.45, 7) is 0. The van der Waals surface area contributed by atoms with Gasteiger partial charge in [-0.15, -0.1) is 0 Å². The lowest BCUT2D eigenvalue weighted by Crippen LogP contribution is -2.20. The molecule has 16 heavy (non-hydrogen) atoms. The van der Waals surface area contributed by atoms with E-state index in [9.17, 15) is 0 Å². The molecule has 2 aliphatic carbocycles. The maximum Gasteiger partial charge on any atom is 0.0915 e. The zero-order valence-corrected chi connectivity index (χ0v) is 14.7. The molecule has 0 aromatic heterocycles. The molecular weight excluding hydrogens is 464 g/mol. The normalized spacial score (nSPS) is 38.1. The zero-order chi connectivity index (χ0) is 11.6. The highest BCUT2D eigenvalue weighted by Crippen LogP contribution is 2.80. The van der Waals surface area contributed by atoms with Crippen LogP contribution in [0.2, 0.25) is 0 Å². The van der Waals surface area contributed by atoms with Gasteiger partial charge in [-0.3, -0.25) is 0 Å². The van der Waals surface area contributed by atoms with Crippen LogP contribution in [0.1, 0.15) is 18.4 Å². The fraction of sp³-hybridized carbons (Fsp3) is 0.500. The molecule has 0 heterocycles. The van der Waals surface area contributed by atoms with Crippen molar-refractivity contribution >= 4 is 63.7 Å². The van der Waals surface area contributed by atoms with E-state index in [1.807, 2.05) is 0 Å². The summed E-state index contributed by atoms with van der Waals surface area (Å²) in [5, 5.41) is 0. The summed E-state index contributed by atoms with van der Waals surface area (Å²) < 4.78 is 0.210. The molecule has 0 bridgehead atoms. The van der Waals surface area contributed by atoms with Gasteiger partial charge in [-0.2, -0.15) is 0 Å². The molecule has 0 amide bonds. The lowest BCUT2D eigenvalue weighted by molar-refractivity contribution is 0.596. The second kappa shape index (κ2) is 3.58. The van der Waals surface area contributed by atoms with Crippen molar-refractivity contribution in [3.8, 4) is 0 Å². The van der Waals surface area contributed by atoms with Crippen molar-refractivity contribution in [2.75, 3.05) is 0 Å². The first-order valence-electron chi connectivity index (χ1n) is 5.21. The van der Waals surface area contributed by atoms with E-state index in [1.165, 1.54) is 12.0 Å². The van der Waals surface area contributed by atoms with Gasteiger partial charge in [0.05, 0.1) is 6.47 Å². The quantitative estimate of drug-likeness (QED) is 0.510. The van der Waals surface area contributed by atoms with Gasteiger partial charge in [-0.1, -0.05) is 94.1 Å². The Kier molecular flexibility index (Phi) is 2.73. The van der Waals surface area contributed by atoms with Crippen molar-refractivity contribution < 1.29 is 0 Å². The minimum absolute atomic E-state index is 0.0717. The highest BCUT2D eigenvalue weighted by molar-refractivity contribution is 9.26. The Morgan fingerprint density at radius 2 is 1.50 bits per heavy atom. The molecule has 0 saturated heterocycles. The highest BCUT2D eigenvalue weighted by atomic mass is 79.9. The number of halogens is 4. The molecule has 1 aromatic rings. The van der Waals surface area contributed by atoms with Crippen molar-refractivity contribution in [1.82, 2.24) is 0 Å². The van der Waals surface area contributed by atoms with Crippen LogP contribution in [0.5, 0.6) is 0 Å². The fourth-order valence-electron chi connectivity index (χ4n) is 2.68. The average Bonchev–Trinajstić information content (AvgIpc) is 3.03. The van der Waals surface area contributed by atoms with Crippen LogP contribution in [0.25, 0.3) is 0 Å². The van der Waals surface area contributed by atoms with Gasteiger partial charge in [0, 0.05) is 5.41 Å². The summed E-state index contributed by atoms with van der Waals surface area (Å²) in [5.74, 6) is 0.640. The van der Waals surface area contributed by atoms with Crippen molar-refractivity contribution in [3.63, 3.8) is 0 Å². The second-order valence-electron chi connectivity index (χ2n) is 4.74. The first-order valence-corrected chi connectivity index (χ1v) is 8.38. The van der Waals surface area contributed by atoms with E-state index in [4.69, 9.17) is 0 Å². The van der Waals surface area contributed by atoms with Crippen LogP contribution in [-0.2, 0) is 5.41 Å². The van der Waals surface area contributed by atoms with Crippen molar-refractivity contribution in [2.45, 2.75) is 24.7 Å². The Balaban J connectivity index is 2.02. The molecule has 2 aliphatic rings. The standard InChI is InChI=1S/C12H10Br4/c13-11(14)6-9(11)10(7-12(10,15)16)8-4-2-1-3-5-8/h1-5,9H,6-7H2. The van der Waals surface area contributed by atoms with Gasteiger partial charge >= 0.3 is 0 Å². The van der Waals surface area contributed by atoms with E-state index in [1.54, 1.807) is 0 Å². The van der Waals surface area contributed by atoms with Crippen LogP contribution in [0.4, 0.5) is 0 Å². The number of hydrogen-bond acceptors (Lipinski definition) is 0. The summed E-state index contributed by atoms with van der Waals surface area (Å²) in [4.78, 5) is 0. The predicted molar refractivity (Wildman–Crippen MR) is 82.0 cm³/mol. The van der Waals surface area contributed by atoms with Gasteiger partial charge in [-0.05, 0) is 24.3 Å². The van der Waals surface area contributed by atoms with Crippen LogP contribution in [-0.4, -0.2) is 6.47 Å². The predicted octanol–water partition coefficient (Wildman–Crippen LogP) is 5.32. The number of rotatable bonds is 2. The Bertz CT molecular complexity index is 426. The van der Waals surface area contributed by atoms with Gasteiger partial charge in [-0.25, -0.2) is 0 Å². The SMILES string of the molecule is BrC1(Br)CC1C1(c2ccccc2)CC1(Br)Br. The molecule has 3 rings (SSSR count). The first kappa shape index (κ1) is 12.2. The molecule has 2 unspecified atom stereocenters. The van der Waals surface area contributed by atoms with Crippen molar-refractivity contribution in [3.05, 3.63) is 35.9 Å². The highest BCUT2D eigenvalue weighted by Gasteiger charge is 2.77. The Labute approximate surface area is 129 Å². The van der Waals surface area contributed by atoms with Gasteiger partial charge in [0.2, 0.25) is 0 Å². The zero-order valence-electron chi connectivity index (χ0n) is 8.39. The monoisotopic (exact) mass is 470 g/mol. The van der Waals surface area contributed by atoms with E-state index in [2.05, 4.69) is 94.1 Å². The summed E-state index contributed by atoms with van der Waals surface area (Å²) in [7, 11) is 0. The molecule has 0 N–H and O–H groups in total. The minimum Gasteiger partial charge on any atom is -0.0724 e. The third-order valence-electron chi connectivity index (χ3n) is 3.74. The number of hydrogen-bond donors (Lipinski definition) is 0. The average molecular weight is 474 g/mol. The third kappa shape index (κ3) is 1.63. The summed E-state index contributed by atoms with van der Waals surface area (Å²) in [5.41, 5.74) is 1.65. The van der Waals surface area contributed by atoms with E-state index in [-0.39, 0.29) is 11.9 Å². The smallest absolute Gasteiger partial charge is 0.0724 e. The molecule has 1 aromatic carbocycles. The third-order valence-corrected chi connectivity index (χ3v) is 7.47. The minimum atomic E-state index is 0.0717. The van der Waals surface area contributed by atoms with Gasteiger partial charge < -0.3 is 0 Å². The van der Waals surface area contributed by atoms with Gasteiger partial charge in [0.1, 0.15) is 0 Å². The van der Waals surface area contributed by atoms with Gasteiger partial charge in [0.15, 0.2) is 0 Å². The topological polar surface area (TPSA) is 0 Å². The van der Waals surface area contributed by atoms with Gasteiger partial charge in [0.25, 0.3) is 0 Å². The summed E-state index contributed by atoms with van der Waals surface area (Å²) >= 11 is 15.1. The molecule has 0 radical (unpaired) electrons. The number of benzene rings is 1. The molecule has 0 spiro atoms. The largest absolute Gasteiger partial charge is 0.0915 e. The summed E-state index contributed by atoms with van der Waals surface area (Å²) in [6, 6.07) is 10.8.